The molecule has 0 atom stereocenters. The van der Waals surface area contributed by atoms with Gasteiger partial charge in [0.15, 0.2) is 0 Å². The first-order valence-electron chi connectivity index (χ1n) is 8.37. The SMILES string of the molecule is Cc1ccc(-c2csc3ncnc(N(C)c4ccc(O)cc4)c23)c(C)c1. The van der Waals surface area contributed by atoms with Crippen LogP contribution in [0, 0.1) is 13.8 Å². The summed E-state index contributed by atoms with van der Waals surface area (Å²) in [4.78, 5) is 12.0. The summed E-state index contributed by atoms with van der Waals surface area (Å²) in [5.74, 6) is 1.11. The molecule has 4 rings (SSSR count). The number of rotatable bonds is 3. The largest absolute Gasteiger partial charge is 0.508 e. The number of aromatic nitrogens is 2. The Morgan fingerprint density at radius 2 is 1.73 bits per heavy atom. The summed E-state index contributed by atoms with van der Waals surface area (Å²) in [5, 5.41) is 12.8. The molecule has 0 aliphatic rings. The number of phenols is 1. The first-order chi connectivity index (χ1) is 12.5. The fraction of sp³-hybridized carbons (Fsp3) is 0.143. The summed E-state index contributed by atoms with van der Waals surface area (Å²) in [6.45, 7) is 4.24. The Labute approximate surface area is 156 Å². The molecule has 0 spiro atoms. The van der Waals surface area contributed by atoms with Crippen LogP contribution in [0.15, 0.2) is 54.2 Å². The molecule has 0 aliphatic carbocycles. The number of hydrogen-bond acceptors (Lipinski definition) is 5. The highest BCUT2D eigenvalue weighted by molar-refractivity contribution is 7.17. The molecule has 0 aliphatic heterocycles. The fourth-order valence-electron chi connectivity index (χ4n) is 3.23. The number of aryl methyl sites for hydroxylation is 2. The monoisotopic (exact) mass is 361 g/mol. The first-order valence-corrected chi connectivity index (χ1v) is 9.25. The predicted molar refractivity (Wildman–Crippen MR) is 108 cm³/mol. The molecule has 5 heteroatoms. The van der Waals surface area contributed by atoms with Gasteiger partial charge in [-0.3, -0.25) is 0 Å². The summed E-state index contributed by atoms with van der Waals surface area (Å²) in [6, 6.07) is 13.6. The van der Waals surface area contributed by atoms with Gasteiger partial charge in [0, 0.05) is 23.7 Å². The molecular weight excluding hydrogens is 342 g/mol. The third-order valence-corrected chi connectivity index (χ3v) is 5.46. The molecule has 0 bridgehead atoms. The van der Waals surface area contributed by atoms with E-state index in [-0.39, 0.29) is 5.75 Å². The molecule has 2 aromatic carbocycles. The minimum atomic E-state index is 0.251. The average molecular weight is 361 g/mol. The van der Waals surface area contributed by atoms with Crippen LogP contribution >= 0.6 is 11.3 Å². The van der Waals surface area contributed by atoms with Gasteiger partial charge in [0.25, 0.3) is 0 Å². The van der Waals surface area contributed by atoms with Gasteiger partial charge in [0.1, 0.15) is 22.7 Å². The van der Waals surface area contributed by atoms with Gasteiger partial charge in [-0.25, -0.2) is 9.97 Å². The lowest BCUT2D eigenvalue weighted by atomic mass is 9.99. The third kappa shape index (κ3) is 2.80. The average Bonchev–Trinajstić information content (AvgIpc) is 3.06. The topological polar surface area (TPSA) is 49.2 Å². The first kappa shape index (κ1) is 16.5. The summed E-state index contributed by atoms with van der Waals surface area (Å²) >= 11 is 1.63. The van der Waals surface area contributed by atoms with Crippen molar-refractivity contribution in [3.8, 4) is 16.9 Å². The normalized spacial score (nSPS) is 11.0. The lowest BCUT2D eigenvalue weighted by Crippen LogP contribution is -2.11. The van der Waals surface area contributed by atoms with E-state index >= 15 is 0 Å². The second kappa shape index (κ2) is 6.42. The van der Waals surface area contributed by atoms with E-state index in [2.05, 4.69) is 47.4 Å². The van der Waals surface area contributed by atoms with Gasteiger partial charge in [-0.2, -0.15) is 0 Å². The standard InChI is InChI=1S/C21H19N3OS/c1-13-4-9-17(14(2)10-13)18-11-26-21-19(18)20(22-12-23-21)24(3)15-5-7-16(25)8-6-15/h4-12,25H,1-3H3. The van der Waals surface area contributed by atoms with E-state index in [0.29, 0.717) is 0 Å². The zero-order valence-corrected chi connectivity index (χ0v) is 15.7. The Bertz CT molecular complexity index is 1090. The highest BCUT2D eigenvalue weighted by Crippen LogP contribution is 2.40. The van der Waals surface area contributed by atoms with Gasteiger partial charge in [0.2, 0.25) is 0 Å². The van der Waals surface area contributed by atoms with E-state index in [1.54, 1.807) is 29.8 Å². The molecule has 0 radical (unpaired) electrons. The molecule has 0 saturated carbocycles. The second-order valence-corrected chi connectivity index (χ2v) is 7.28. The predicted octanol–water partition coefficient (Wildman–Crippen LogP) is 5.45. The maximum Gasteiger partial charge on any atom is 0.145 e. The summed E-state index contributed by atoms with van der Waals surface area (Å²) in [6.07, 6.45) is 1.61. The molecule has 2 aromatic heterocycles. The minimum Gasteiger partial charge on any atom is -0.508 e. The third-order valence-electron chi connectivity index (χ3n) is 4.58. The van der Waals surface area contributed by atoms with Gasteiger partial charge in [-0.05, 0) is 49.2 Å². The van der Waals surface area contributed by atoms with Crippen LogP contribution in [0.1, 0.15) is 11.1 Å². The Hall–Kier alpha value is -2.92. The molecule has 2 heterocycles. The smallest absolute Gasteiger partial charge is 0.145 e. The molecule has 4 nitrogen and oxygen atoms in total. The van der Waals surface area contributed by atoms with Crippen molar-refractivity contribution in [2.75, 3.05) is 11.9 Å². The summed E-state index contributed by atoms with van der Waals surface area (Å²) in [7, 11) is 1.98. The fourth-order valence-corrected chi connectivity index (χ4v) is 4.13. The Kier molecular flexibility index (Phi) is 4.09. The van der Waals surface area contributed by atoms with Crippen molar-refractivity contribution in [1.29, 1.82) is 0 Å². The van der Waals surface area contributed by atoms with Crippen molar-refractivity contribution < 1.29 is 5.11 Å². The van der Waals surface area contributed by atoms with Crippen molar-refractivity contribution in [2.45, 2.75) is 13.8 Å². The van der Waals surface area contributed by atoms with Crippen LogP contribution < -0.4 is 4.90 Å². The molecule has 1 N–H and O–H groups in total. The van der Waals surface area contributed by atoms with E-state index < -0.39 is 0 Å². The maximum atomic E-state index is 9.55. The van der Waals surface area contributed by atoms with E-state index in [0.717, 1.165) is 27.3 Å². The molecule has 130 valence electrons. The minimum absolute atomic E-state index is 0.251. The van der Waals surface area contributed by atoms with Crippen molar-refractivity contribution in [2.24, 2.45) is 0 Å². The number of phenolic OH excluding ortho intramolecular Hbond substituents is 1. The van der Waals surface area contributed by atoms with Crippen LogP contribution in [-0.2, 0) is 0 Å². The Morgan fingerprint density at radius 1 is 0.962 bits per heavy atom. The molecule has 0 amide bonds. The highest BCUT2D eigenvalue weighted by Gasteiger charge is 2.17. The van der Waals surface area contributed by atoms with Crippen molar-refractivity contribution in [1.82, 2.24) is 9.97 Å². The van der Waals surface area contributed by atoms with Gasteiger partial charge in [0.05, 0.1) is 5.39 Å². The van der Waals surface area contributed by atoms with E-state index in [4.69, 9.17) is 0 Å². The van der Waals surface area contributed by atoms with Gasteiger partial charge >= 0.3 is 0 Å². The Balaban J connectivity index is 1.91. The number of fused-ring (bicyclic) bond motifs is 1. The van der Waals surface area contributed by atoms with Crippen molar-refractivity contribution >= 4 is 33.1 Å². The van der Waals surface area contributed by atoms with Gasteiger partial charge in [-0.15, -0.1) is 11.3 Å². The molecular formula is C21H19N3OS. The van der Waals surface area contributed by atoms with Crippen LogP contribution in [0.2, 0.25) is 0 Å². The van der Waals surface area contributed by atoms with E-state index in [1.165, 1.54) is 16.7 Å². The van der Waals surface area contributed by atoms with Crippen molar-refractivity contribution in [3.63, 3.8) is 0 Å². The number of thiophene rings is 1. The van der Waals surface area contributed by atoms with E-state index in [9.17, 15) is 5.11 Å². The molecule has 0 saturated heterocycles. The molecule has 4 aromatic rings. The van der Waals surface area contributed by atoms with Crippen LogP contribution in [-0.4, -0.2) is 22.1 Å². The molecule has 0 unspecified atom stereocenters. The zero-order chi connectivity index (χ0) is 18.3. The number of nitrogens with zero attached hydrogens (tertiary/aromatic N) is 3. The number of benzene rings is 2. The lowest BCUT2D eigenvalue weighted by molar-refractivity contribution is 0.475. The van der Waals surface area contributed by atoms with Crippen LogP contribution in [0.5, 0.6) is 5.75 Å². The summed E-state index contributed by atoms with van der Waals surface area (Å²) in [5.41, 5.74) is 5.82. The van der Waals surface area contributed by atoms with E-state index in [1.807, 2.05) is 24.1 Å². The quantitative estimate of drug-likeness (QED) is 0.527. The second-order valence-electron chi connectivity index (χ2n) is 6.42. The van der Waals surface area contributed by atoms with Crippen molar-refractivity contribution in [3.05, 3.63) is 65.3 Å². The highest BCUT2D eigenvalue weighted by atomic mass is 32.1. The lowest BCUT2D eigenvalue weighted by Gasteiger charge is -2.20. The summed E-state index contributed by atoms with van der Waals surface area (Å²) < 4.78 is 0. The number of anilines is 2. The Morgan fingerprint density at radius 3 is 2.46 bits per heavy atom. The maximum absolute atomic E-state index is 9.55. The zero-order valence-electron chi connectivity index (χ0n) is 14.9. The van der Waals surface area contributed by atoms with Gasteiger partial charge < -0.3 is 10.0 Å². The van der Waals surface area contributed by atoms with Gasteiger partial charge in [-0.1, -0.05) is 23.8 Å². The molecule has 26 heavy (non-hydrogen) atoms. The number of aromatic hydroxyl groups is 1. The molecule has 0 fully saturated rings. The number of hydrogen-bond donors (Lipinski definition) is 1. The van der Waals surface area contributed by atoms with Crippen LogP contribution in [0.25, 0.3) is 21.3 Å². The van der Waals surface area contributed by atoms with Crippen LogP contribution in [0.3, 0.4) is 0 Å². The van der Waals surface area contributed by atoms with Crippen LogP contribution in [0.4, 0.5) is 11.5 Å².